The molecule has 0 amide bonds. The predicted octanol–water partition coefficient (Wildman–Crippen LogP) is 2.30. The Hall–Kier alpha value is -1.87. The Balaban J connectivity index is 1.37. The third-order valence-electron chi connectivity index (χ3n) is 4.23. The van der Waals surface area contributed by atoms with Crippen LogP contribution in [0.4, 0.5) is 0 Å². The van der Waals surface area contributed by atoms with Crippen molar-refractivity contribution in [1.29, 1.82) is 0 Å². The monoisotopic (exact) mass is 378 g/mol. The minimum Gasteiger partial charge on any atom is -0.416 e. The molecule has 3 aromatic rings. The quantitative estimate of drug-likeness (QED) is 0.629. The topological polar surface area (TPSA) is 90.4 Å². The molecule has 0 spiro atoms. The van der Waals surface area contributed by atoms with Crippen molar-refractivity contribution in [3.63, 3.8) is 0 Å². The molecule has 1 saturated heterocycles. The Morgan fingerprint density at radius 1 is 1.32 bits per heavy atom. The van der Waals surface area contributed by atoms with Gasteiger partial charge in [0.25, 0.3) is 5.22 Å². The van der Waals surface area contributed by atoms with E-state index in [1.54, 1.807) is 0 Å². The maximum Gasteiger partial charge on any atom is 0.276 e. The highest BCUT2D eigenvalue weighted by Gasteiger charge is 2.29. The number of imidazole rings is 1. The van der Waals surface area contributed by atoms with Gasteiger partial charge in [-0.25, -0.2) is 13.4 Å². The van der Waals surface area contributed by atoms with E-state index in [-0.39, 0.29) is 17.4 Å². The van der Waals surface area contributed by atoms with Gasteiger partial charge in [0.15, 0.2) is 9.84 Å². The zero-order valence-electron chi connectivity index (χ0n) is 13.8. The number of sulfone groups is 1. The van der Waals surface area contributed by atoms with Gasteiger partial charge < -0.3 is 8.82 Å². The Kier molecular flexibility index (Phi) is 4.28. The summed E-state index contributed by atoms with van der Waals surface area (Å²) in [4.78, 5) is 4.56. The molecular weight excluding hydrogens is 360 g/mol. The van der Waals surface area contributed by atoms with E-state index >= 15 is 0 Å². The van der Waals surface area contributed by atoms with Crippen LogP contribution in [0.15, 0.2) is 34.2 Å². The van der Waals surface area contributed by atoms with Crippen molar-refractivity contribution in [2.45, 2.75) is 30.7 Å². The summed E-state index contributed by atoms with van der Waals surface area (Å²) in [6, 6.07) is 4.02. The number of nitrogens with zero attached hydrogens (tertiary/aromatic N) is 4. The molecule has 132 valence electrons. The minimum atomic E-state index is -2.88. The van der Waals surface area contributed by atoms with Crippen molar-refractivity contribution in [3.8, 4) is 0 Å². The second-order valence-electron chi connectivity index (χ2n) is 6.43. The molecule has 1 unspecified atom stereocenters. The van der Waals surface area contributed by atoms with Crippen LogP contribution in [0.1, 0.15) is 23.6 Å². The molecule has 1 aliphatic heterocycles. The van der Waals surface area contributed by atoms with Crippen LogP contribution in [0, 0.1) is 12.8 Å². The molecule has 0 saturated carbocycles. The average Bonchev–Trinajstić information content (AvgIpc) is 3.24. The lowest BCUT2D eigenvalue weighted by Crippen LogP contribution is -2.07. The van der Waals surface area contributed by atoms with Gasteiger partial charge in [0.2, 0.25) is 5.89 Å². The number of fused-ring (bicyclic) bond motifs is 1. The van der Waals surface area contributed by atoms with Crippen LogP contribution in [-0.2, 0) is 22.0 Å². The molecule has 3 aromatic heterocycles. The Morgan fingerprint density at radius 3 is 3.00 bits per heavy atom. The third-order valence-corrected chi connectivity index (χ3v) is 6.92. The van der Waals surface area contributed by atoms with E-state index in [1.165, 1.54) is 17.3 Å². The fraction of sp³-hybridized carbons (Fsp3) is 0.438. The summed E-state index contributed by atoms with van der Waals surface area (Å²) < 4.78 is 30.7. The first-order valence-corrected chi connectivity index (χ1v) is 10.9. The standard InChI is InChI=1S/C16H18N4O3S2/c1-11-2-3-14-17-13(8-20(14)7-11)9-24-16-19-18-15(23-16)6-12-4-5-25(21,22)10-12/h2-3,7-8,12H,4-6,9-10H2,1H3. The number of hydrogen-bond acceptors (Lipinski definition) is 7. The molecule has 1 aliphatic rings. The number of thioether (sulfide) groups is 1. The van der Waals surface area contributed by atoms with E-state index in [1.807, 2.05) is 35.9 Å². The van der Waals surface area contributed by atoms with Gasteiger partial charge in [-0.05, 0) is 30.9 Å². The SMILES string of the molecule is Cc1ccc2nc(CSc3nnc(CC4CCS(=O)(=O)C4)o3)cn2c1. The summed E-state index contributed by atoms with van der Waals surface area (Å²) in [6.45, 7) is 2.05. The molecule has 0 N–H and O–H groups in total. The molecule has 0 aliphatic carbocycles. The van der Waals surface area contributed by atoms with Gasteiger partial charge >= 0.3 is 0 Å². The smallest absolute Gasteiger partial charge is 0.276 e. The summed E-state index contributed by atoms with van der Waals surface area (Å²) in [7, 11) is -2.88. The zero-order chi connectivity index (χ0) is 17.4. The largest absolute Gasteiger partial charge is 0.416 e. The van der Waals surface area contributed by atoms with Crippen molar-refractivity contribution >= 4 is 27.2 Å². The molecule has 0 radical (unpaired) electrons. The first-order chi connectivity index (χ1) is 12.0. The second kappa shape index (κ2) is 6.45. The normalized spacial score (nSPS) is 19.6. The third kappa shape index (κ3) is 3.87. The van der Waals surface area contributed by atoms with E-state index in [4.69, 9.17) is 4.42 Å². The van der Waals surface area contributed by atoms with Crippen LogP contribution in [-0.4, -0.2) is 39.5 Å². The zero-order valence-corrected chi connectivity index (χ0v) is 15.4. The number of pyridine rings is 1. The number of aromatic nitrogens is 4. The summed E-state index contributed by atoms with van der Waals surface area (Å²) in [5, 5.41) is 8.57. The molecule has 1 fully saturated rings. The van der Waals surface area contributed by atoms with Gasteiger partial charge in [-0.3, -0.25) is 0 Å². The average molecular weight is 378 g/mol. The fourth-order valence-corrected chi connectivity index (χ4v) is 5.55. The molecule has 4 heterocycles. The van der Waals surface area contributed by atoms with Crippen molar-refractivity contribution in [2.75, 3.05) is 11.5 Å². The molecule has 9 heteroatoms. The van der Waals surface area contributed by atoms with Crippen LogP contribution in [0.3, 0.4) is 0 Å². The Bertz CT molecular complexity index is 1010. The van der Waals surface area contributed by atoms with Crippen LogP contribution in [0.25, 0.3) is 5.65 Å². The van der Waals surface area contributed by atoms with Gasteiger partial charge in [-0.1, -0.05) is 17.8 Å². The van der Waals surface area contributed by atoms with E-state index in [9.17, 15) is 8.42 Å². The lowest BCUT2D eigenvalue weighted by atomic mass is 10.1. The van der Waals surface area contributed by atoms with Gasteiger partial charge in [0.1, 0.15) is 5.65 Å². The molecule has 0 bridgehead atoms. The first-order valence-electron chi connectivity index (χ1n) is 8.07. The van der Waals surface area contributed by atoms with Crippen LogP contribution < -0.4 is 0 Å². The van der Waals surface area contributed by atoms with E-state index in [0.29, 0.717) is 29.7 Å². The molecule has 7 nitrogen and oxygen atoms in total. The van der Waals surface area contributed by atoms with Gasteiger partial charge in [-0.2, -0.15) is 0 Å². The number of hydrogen-bond donors (Lipinski definition) is 0. The van der Waals surface area contributed by atoms with Gasteiger partial charge in [0.05, 0.1) is 17.2 Å². The highest BCUT2D eigenvalue weighted by Crippen LogP contribution is 2.25. The van der Waals surface area contributed by atoms with Crippen LogP contribution in [0.2, 0.25) is 0 Å². The Labute approximate surface area is 149 Å². The maximum absolute atomic E-state index is 11.5. The van der Waals surface area contributed by atoms with Gasteiger partial charge in [0, 0.05) is 24.6 Å². The van der Waals surface area contributed by atoms with Crippen molar-refractivity contribution in [3.05, 3.63) is 41.7 Å². The molecule has 1 atom stereocenters. The predicted molar refractivity (Wildman–Crippen MR) is 94.3 cm³/mol. The lowest BCUT2D eigenvalue weighted by Gasteiger charge is -2.01. The number of rotatable bonds is 5. The first kappa shape index (κ1) is 16.6. The van der Waals surface area contributed by atoms with Gasteiger partial charge in [-0.15, -0.1) is 10.2 Å². The van der Waals surface area contributed by atoms with Crippen LogP contribution in [0.5, 0.6) is 0 Å². The summed E-state index contributed by atoms with van der Waals surface area (Å²) in [5.74, 6) is 1.72. The maximum atomic E-state index is 11.5. The highest BCUT2D eigenvalue weighted by atomic mass is 32.2. The molecule has 4 rings (SSSR count). The van der Waals surface area contributed by atoms with E-state index in [2.05, 4.69) is 15.2 Å². The lowest BCUT2D eigenvalue weighted by molar-refractivity contribution is 0.389. The molecule has 0 aromatic carbocycles. The summed E-state index contributed by atoms with van der Waals surface area (Å²) in [6.07, 6.45) is 5.24. The Morgan fingerprint density at radius 2 is 2.20 bits per heavy atom. The highest BCUT2D eigenvalue weighted by molar-refractivity contribution is 7.98. The van der Waals surface area contributed by atoms with Crippen molar-refractivity contribution in [2.24, 2.45) is 5.92 Å². The second-order valence-corrected chi connectivity index (χ2v) is 9.58. The molecule has 25 heavy (non-hydrogen) atoms. The molecular formula is C16H18N4O3S2. The summed E-state index contributed by atoms with van der Waals surface area (Å²) in [5.41, 5.74) is 3.03. The van der Waals surface area contributed by atoms with Crippen molar-refractivity contribution in [1.82, 2.24) is 19.6 Å². The van der Waals surface area contributed by atoms with Crippen molar-refractivity contribution < 1.29 is 12.8 Å². The van der Waals surface area contributed by atoms with E-state index in [0.717, 1.165) is 11.3 Å². The van der Waals surface area contributed by atoms with Crippen LogP contribution >= 0.6 is 11.8 Å². The fourth-order valence-electron chi connectivity index (χ4n) is 3.02. The summed E-state index contributed by atoms with van der Waals surface area (Å²) >= 11 is 1.44. The van der Waals surface area contributed by atoms with E-state index < -0.39 is 9.84 Å². The minimum absolute atomic E-state index is 0.0879. The number of aryl methyl sites for hydroxylation is 1.